The summed E-state index contributed by atoms with van der Waals surface area (Å²) in [5.41, 5.74) is 7.38. The molecule has 200 valence electrons. The minimum Gasteiger partial charge on any atom is -0.480 e. The number of pyridine rings is 1. The van der Waals surface area contributed by atoms with Crippen molar-refractivity contribution in [3.63, 3.8) is 0 Å². The maximum Gasteiger partial charge on any atom is 0.469 e. The highest BCUT2D eigenvalue weighted by atomic mass is 31.2. The normalized spacial score (nSPS) is 22.3. The van der Waals surface area contributed by atoms with E-state index < -0.39 is 56.9 Å². The number of phosphoric ester groups is 1. The van der Waals surface area contributed by atoms with Crippen LogP contribution in [0.5, 0.6) is 0 Å². The van der Waals surface area contributed by atoms with Crippen LogP contribution in [0.2, 0.25) is 0 Å². The van der Waals surface area contributed by atoms with Crippen molar-refractivity contribution in [1.29, 1.82) is 0 Å². The number of hydrogen-bond donors (Lipinski definition) is 8. The lowest BCUT2D eigenvalue weighted by atomic mass is 10.1. The van der Waals surface area contributed by atoms with Crippen molar-refractivity contribution in [1.82, 2.24) is 4.98 Å². The van der Waals surface area contributed by atoms with Crippen molar-refractivity contribution in [2.75, 3.05) is 6.61 Å². The Morgan fingerprint density at radius 3 is 2.49 bits per heavy atom. The van der Waals surface area contributed by atoms with Gasteiger partial charge in [0.1, 0.15) is 23.8 Å². The van der Waals surface area contributed by atoms with E-state index in [2.05, 4.69) is 9.51 Å². The minimum absolute atomic E-state index is 0.0530. The molecule has 1 aromatic carbocycles. The Hall–Kier alpha value is -3.20. The molecule has 1 saturated heterocycles. The van der Waals surface area contributed by atoms with Crippen molar-refractivity contribution in [3.8, 4) is 0 Å². The van der Waals surface area contributed by atoms with Crippen LogP contribution in [0.4, 0.5) is 0 Å². The number of hydrogen-bond acceptors (Lipinski definition) is 8. The van der Waals surface area contributed by atoms with E-state index in [1.165, 1.54) is 29.1 Å². The molecule has 0 saturated carbocycles. The quantitative estimate of drug-likeness (QED) is 0.134. The first kappa shape index (κ1) is 28.4. The highest BCUT2D eigenvalue weighted by Crippen LogP contribution is 2.37. The van der Waals surface area contributed by atoms with Gasteiger partial charge in [-0.1, -0.05) is 18.2 Å². The van der Waals surface area contributed by atoms with Crippen molar-refractivity contribution in [2.45, 2.75) is 37.0 Å². The van der Waals surface area contributed by atoms with Crippen molar-refractivity contribution in [2.24, 2.45) is 5.73 Å². The van der Waals surface area contributed by atoms with Crippen LogP contribution in [0.1, 0.15) is 22.1 Å². The fraction of sp³-hybridized carbons (Fsp3) is 0.318. The predicted octanol–water partition coefficient (Wildman–Crippen LogP) is -0.477. The molecule has 1 aliphatic rings. The second-order valence-electron chi connectivity index (χ2n) is 8.19. The number of fused-ring (bicyclic) bond motifs is 1. The van der Waals surface area contributed by atoms with Crippen LogP contribution in [0, 0.1) is 0 Å². The molecule has 0 unspecified atom stereocenters. The Bertz CT molecular complexity index is 1290. The number of para-hydroxylation sites is 1. The lowest BCUT2D eigenvalue weighted by Gasteiger charge is -2.13. The number of nitrogens with two attached hydrogens (primary N) is 1. The third-order valence-electron chi connectivity index (χ3n) is 5.54. The van der Waals surface area contributed by atoms with Gasteiger partial charge in [0.05, 0.1) is 6.61 Å². The summed E-state index contributed by atoms with van der Waals surface area (Å²) >= 11 is 0. The number of ether oxygens (including phenoxy) is 1. The van der Waals surface area contributed by atoms with E-state index in [0.717, 1.165) is 16.5 Å². The first-order chi connectivity index (χ1) is 17.4. The van der Waals surface area contributed by atoms with E-state index in [-0.39, 0.29) is 5.56 Å². The number of benzene rings is 1. The van der Waals surface area contributed by atoms with E-state index in [9.17, 15) is 24.4 Å². The number of aliphatic carboxylic acids is 1. The highest BCUT2D eigenvalue weighted by molar-refractivity contribution is 7.46. The average Bonchev–Trinajstić information content (AvgIpc) is 3.38. The third kappa shape index (κ3) is 7.41. The molecule has 0 bridgehead atoms. The summed E-state index contributed by atoms with van der Waals surface area (Å²) in [6.07, 6.45) is -0.355. The van der Waals surface area contributed by atoms with Gasteiger partial charge in [-0.2, -0.15) is 4.57 Å². The summed E-state index contributed by atoms with van der Waals surface area (Å²) in [5, 5.41) is 38.5. The first-order valence-corrected chi connectivity index (χ1v) is 12.4. The molecule has 0 aliphatic carbocycles. The molecule has 1 fully saturated rings. The zero-order chi connectivity index (χ0) is 27.3. The van der Waals surface area contributed by atoms with E-state index in [1.807, 2.05) is 30.5 Å². The standard InChI is InChI=1S/C11H12N2O2.C11H14NO9P/c12-9(11(14)15)5-7-6-13-10-4-2-1-3-8(7)10;13-8-7(5-20-22(17,18)19)21-10(9(8)14)12-3-1-2-6(4-12)11(15)16/h1-4,6,9,13H,5,12H2,(H,14,15);1-4,7-10,13-14H,5H2,(H2-,15,16,17,18,19)/p+1/t9-;7-,8-,9-,10-/m01/s1. The summed E-state index contributed by atoms with van der Waals surface area (Å²) in [6.45, 7) is -0.627. The number of phosphoric acid groups is 1. The number of carboxylic acid groups (broad SMARTS) is 2. The van der Waals surface area contributed by atoms with Gasteiger partial charge in [-0.15, -0.1) is 0 Å². The second-order valence-corrected chi connectivity index (χ2v) is 9.43. The lowest BCUT2D eigenvalue weighted by molar-refractivity contribution is -0.765. The largest absolute Gasteiger partial charge is 0.480 e. The van der Waals surface area contributed by atoms with Gasteiger partial charge in [-0.25, -0.2) is 9.36 Å². The molecule has 14 nitrogen and oxygen atoms in total. The minimum atomic E-state index is -4.73. The average molecular weight is 540 g/mol. The topological polar surface area (TPSA) is 237 Å². The van der Waals surface area contributed by atoms with Gasteiger partial charge in [0.2, 0.25) is 0 Å². The number of H-pyrrole nitrogens is 1. The van der Waals surface area contributed by atoms with Crippen LogP contribution in [0.25, 0.3) is 10.9 Å². The van der Waals surface area contributed by atoms with Crippen molar-refractivity contribution < 1.29 is 58.2 Å². The first-order valence-electron chi connectivity index (χ1n) is 10.9. The maximum atomic E-state index is 10.9. The summed E-state index contributed by atoms with van der Waals surface area (Å²) in [5.74, 6) is -2.15. The maximum absolute atomic E-state index is 10.9. The summed E-state index contributed by atoms with van der Waals surface area (Å²) in [6, 6.07) is 9.67. The van der Waals surface area contributed by atoms with Gasteiger partial charge < -0.3 is 45.7 Å². The number of carboxylic acids is 2. The number of aliphatic hydroxyl groups excluding tert-OH is 2. The Labute approximate surface area is 209 Å². The molecule has 9 N–H and O–H groups in total. The highest BCUT2D eigenvalue weighted by Gasteiger charge is 2.49. The second kappa shape index (κ2) is 11.9. The van der Waals surface area contributed by atoms with Gasteiger partial charge in [-0.05, 0) is 17.7 Å². The van der Waals surface area contributed by atoms with Gasteiger partial charge in [0.25, 0.3) is 6.23 Å². The summed E-state index contributed by atoms with van der Waals surface area (Å²) < 4.78 is 21.4. The SMILES string of the molecule is N[C@@H](Cc1c[nH]c2ccccc12)C(=O)O.O=C(O)c1ccc[n+]([C@@H]2O[C@H](COP(=O)(O)O)[C@@H](O)[C@H]2O)c1. The van der Waals surface area contributed by atoms with E-state index in [4.69, 9.17) is 30.5 Å². The fourth-order valence-corrected chi connectivity index (χ4v) is 4.03. The van der Waals surface area contributed by atoms with Crippen LogP contribution in [0.3, 0.4) is 0 Å². The van der Waals surface area contributed by atoms with Crippen molar-refractivity contribution >= 4 is 30.7 Å². The molecule has 1 aliphatic heterocycles. The molecule has 3 heterocycles. The number of aliphatic hydroxyl groups is 2. The van der Waals surface area contributed by atoms with Gasteiger partial charge >= 0.3 is 19.8 Å². The molecule has 0 radical (unpaired) electrons. The van der Waals surface area contributed by atoms with Gasteiger partial charge in [0, 0.05) is 29.6 Å². The Morgan fingerprint density at radius 1 is 1.14 bits per heavy atom. The number of rotatable bonds is 8. The molecule has 5 atom stereocenters. The Kier molecular flexibility index (Phi) is 9.12. The number of aromatic amines is 1. The van der Waals surface area contributed by atoms with Crippen molar-refractivity contribution in [3.05, 3.63) is 66.1 Å². The predicted molar refractivity (Wildman–Crippen MR) is 125 cm³/mol. The molecule has 15 heteroatoms. The summed E-state index contributed by atoms with van der Waals surface area (Å²) in [4.78, 5) is 41.9. The number of nitrogens with one attached hydrogen (secondary N) is 1. The monoisotopic (exact) mass is 540 g/mol. The van der Waals surface area contributed by atoms with E-state index in [1.54, 1.807) is 0 Å². The smallest absolute Gasteiger partial charge is 0.469 e. The molecule has 3 aromatic rings. The van der Waals surface area contributed by atoms with Crippen LogP contribution in [-0.4, -0.2) is 78.1 Å². The van der Waals surface area contributed by atoms with Gasteiger partial charge in [-0.3, -0.25) is 9.32 Å². The third-order valence-corrected chi connectivity index (χ3v) is 6.02. The van der Waals surface area contributed by atoms with E-state index in [0.29, 0.717) is 6.42 Å². The number of nitrogens with zero attached hydrogens (tertiary/aromatic N) is 1. The molecular weight excluding hydrogens is 513 g/mol. The fourth-order valence-electron chi connectivity index (χ4n) is 3.69. The zero-order valence-electron chi connectivity index (χ0n) is 19.2. The van der Waals surface area contributed by atoms with Gasteiger partial charge in [0.15, 0.2) is 18.5 Å². The van der Waals surface area contributed by atoms with Crippen LogP contribution in [0.15, 0.2) is 55.0 Å². The molecule has 37 heavy (non-hydrogen) atoms. The number of carbonyl (C=O) groups is 2. The van der Waals surface area contributed by atoms with E-state index >= 15 is 0 Å². The van der Waals surface area contributed by atoms with Crippen LogP contribution < -0.4 is 10.3 Å². The molecule has 2 aromatic heterocycles. The number of aromatic nitrogens is 2. The summed E-state index contributed by atoms with van der Waals surface area (Å²) in [7, 11) is -4.73. The van der Waals surface area contributed by atoms with Crippen LogP contribution in [-0.2, 0) is 25.0 Å². The molecule has 0 spiro atoms. The number of aromatic carboxylic acids is 1. The zero-order valence-corrected chi connectivity index (χ0v) is 20.1. The Morgan fingerprint density at radius 2 is 1.84 bits per heavy atom. The van der Waals surface area contributed by atoms with Crippen LogP contribution >= 0.6 is 7.82 Å². The molecule has 0 amide bonds. The molecule has 4 rings (SSSR count). The lowest BCUT2D eigenvalue weighted by Crippen LogP contribution is -2.46. The molecular formula is C22H27N3O11P+. The Balaban J connectivity index is 0.000000220.